The summed E-state index contributed by atoms with van der Waals surface area (Å²) in [5.41, 5.74) is 0. The molecule has 5 N–H and O–H groups in total. The number of aliphatic hydroxyl groups is 4. The fourth-order valence-corrected chi connectivity index (χ4v) is 1.46. The molecule has 0 aromatic heterocycles. The molecule has 1 rings (SSSR count). The zero-order valence-electron chi connectivity index (χ0n) is 8.20. The van der Waals surface area contributed by atoms with E-state index in [0.717, 1.165) is 0 Å². The van der Waals surface area contributed by atoms with Gasteiger partial charge >= 0.3 is 0 Å². The Morgan fingerprint density at radius 2 is 1.87 bits per heavy atom. The standard InChI is InChI=1S/C8H15NO6/c1-9-8(14)7-6(13)5(12)4(11)3(2-10)15-7/h3-7,10-13H,2H2,1H3,(H,9,14)/t3?,4?,5?,6?,7-/m0/s1. The summed E-state index contributed by atoms with van der Waals surface area (Å²) in [5.74, 6) is -0.619. The van der Waals surface area contributed by atoms with Gasteiger partial charge < -0.3 is 30.5 Å². The van der Waals surface area contributed by atoms with Crippen LogP contribution in [0.2, 0.25) is 0 Å². The number of rotatable bonds is 2. The molecule has 4 unspecified atom stereocenters. The van der Waals surface area contributed by atoms with Crippen LogP contribution in [0, 0.1) is 0 Å². The zero-order valence-corrected chi connectivity index (χ0v) is 8.20. The molecule has 0 aliphatic carbocycles. The highest BCUT2D eigenvalue weighted by Gasteiger charge is 2.46. The van der Waals surface area contributed by atoms with E-state index in [1.165, 1.54) is 7.05 Å². The van der Waals surface area contributed by atoms with Crippen molar-refractivity contribution in [3.63, 3.8) is 0 Å². The Hall–Kier alpha value is -0.730. The maximum absolute atomic E-state index is 11.2. The number of carbonyl (C=O) groups is 1. The molecule has 88 valence electrons. The molecule has 1 aliphatic rings. The van der Waals surface area contributed by atoms with Gasteiger partial charge in [0.05, 0.1) is 6.61 Å². The number of nitrogens with one attached hydrogen (secondary N) is 1. The Balaban J connectivity index is 2.78. The number of likely N-dealkylation sites (N-methyl/N-ethyl adjacent to an activating group) is 1. The van der Waals surface area contributed by atoms with Gasteiger partial charge in [-0.15, -0.1) is 0 Å². The molecule has 0 aromatic carbocycles. The molecule has 15 heavy (non-hydrogen) atoms. The van der Waals surface area contributed by atoms with Gasteiger partial charge in [-0.2, -0.15) is 0 Å². The summed E-state index contributed by atoms with van der Waals surface area (Å²) in [6.07, 6.45) is -6.80. The minimum absolute atomic E-state index is 0.543. The minimum atomic E-state index is -1.52. The highest BCUT2D eigenvalue weighted by atomic mass is 16.5. The van der Waals surface area contributed by atoms with Crippen molar-refractivity contribution in [2.45, 2.75) is 30.5 Å². The van der Waals surface area contributed by atoms with Crippen molar-refractivity contribution in [3.8, 4) is 0 Å². The predicted octanol–water partition coefficient (Wildman–Crippen LogP) is -3.43. The van der Waals surface area contributed by atoms with E-state index < -0.39 is 43.0 Å². The Labute approximate surface area is 86.3 Å². The van der Waals surface area contributed by atoms with E-state index in [9.17, 15) is 20.1 Å². The van der Waals surface area contributed by atoms with Crippen LogP contribution >= 0.6 is 0 Å². The molecule has 5 atom stereocenters. The average molecular weight is 221 g/mol. The smallest absolute Gasteiger partial charge is 0.251 e. The zero-order chi connectivity index (χ0) is 11.6. The Morgan fingerprint density at radius 1 is 1.27 bits per heavy atom. The van der Waals surface area contributed by atoms with Gasteiger partial charge in [0, 0.05) is 7.05 Å². The van der Waals surface area contributed by atoms with Crippen LogP contribution in [-0.2, 0) is 9.53 Å². The Kier molecular flexibility index (Phi) is 4.00. The summed E-state index contributed by atoms with van der Waals surface area (Å²) in [5, 5.41) is 39.3. The monoisotopic (exact) mass is 221 g/mol. The number of hydrogen-bond acceptors (Lipinski definition) is 6. The first-order valence-corrected chi connectivity index (χ1v) is 4.55. The number of carbonyl (C=O) groups excluding carboxylic acids is 1. The summed E-state index contributed by atoms with van der Waals surface area (Å²) in [7, 11) is 1.35. The predicted molar refractivity (Wildman–Crippen MR) is 47.8 cm³/mol. The highest BCUT2D eigenvalue weighted by molar-refractivity contribution is 5.81. The van der Waals surface area contributed by atoms with Crippen LogP contribution in [0.4, 0.5) is 0 Å². The van der Waals surface area contributed by atoms with Gasteiger partial charge in [0.2, 0.25) is 0 Å². The SMILES string of the molecule is CNC(=O)[C@H]1OC(CO)C(O)C(O)C1O. The first kappa shape index (κ1) is 12.3. The first-order chi connectivity index (χ1) is 7.02. The molecule has 1 aliphatic heterocycles. The van der Waals surface area contributed by atoms with E-state index in [1.54, 1.807) is 0 Å². The summed E-state index contributed by atoms with van der Waals surface area (Å²) in [6.45, 7) is -0.543. The van der Waals surface area contributed by atoms with Crippen LogP contribution in [0.1, 0.15) is 0 Å². The molecule has 1 saturated heterocycles. The topological polar surface area (TPSA) is 119 Å². The number of amides is 1. The van der Waals surface area contributed by atoms with E-state index in [4.69, 9.17) is 9.84 Å². The van der Waals surface area contributed by atoms with Crippen molar-refractivity contribution >= 4 is 5.91 Å². The fraction of sp³-hybridized carbons (Fsp3) is 0.875. The van der Waals surface area contributed by atoms with Crippen LogP contribution in [0.3, 0.4) is 0 Å². The van der Waals surface area contributed by atoms with Gasteiger partial charge in [-0.1, -0.05) is 0 Å². The molecule has 7 nitrogen and oxygen atoms in total. The summed E-state index contributed by atoms with van der Waals surface area (Å²) >= 11 is 0. The molecule has 7 heteroatoms. The van der Waals surface area contributed by atoms with Crippen LogP contribution in [0.5, 0.6) is 0 Å². The van der Waals surface area contributed by atoms with Crippen molar-refractivity contribution in [1.82, 2.24) is 5.32 Å². The van der Waals surface area contributed by atoms with Crippen molar-refractivity contribution in [2.75, 3.05) is 13.7 Å². The van der Waals surface area contributed by atoms with Gasteiger partial charge in [-0.05, 0) is 0 Å². The molecule has 1 amide bonds. The van der Waals surface area contributed by atoms with Crippen LogP contribution < -0.4 is 5.32 Å². The van der Waals surface area contributed by atoms with E-state index >= 15 is 0 Å². The van der Waals surface area contributed by atoms with Crippen LogP contribution in [-0.4, -0.2) is 70.5 Å². The van der Waals surface area contributed by atoms with Gasteiger partial charge in [-0.3, -0.25) is 4.79 Å². The lowest BCUT2D eigenvalue weighted by atomic mass is 9.95. The van der Waals surface area contributed by atoms with Crippen molar-refractivity contribution < 1.29 is 30.0 Å². The van der Waals surface area contributed by atoms with Crippen LogP contribution in [0.15, 0.2) is 0 Å². The summed E-state index contributed by atoms with van der Waals surface area (Å²) < 4.78 is 4.96. The van der Waals surface area contributed by atoms with E-state index in [2.05, 4.69) is 5.32 Å². The second-order valence-corrected chi connectivity index (χ2v) is 3.36. The average Bonchev–Trinajstić information content (AvgIpc) is 2.25. The largest absolute Gasteiger partial charge is 0.394 e. The van der Waals surface area contributed by atoms with Crippen molar-refractivity contribution in [1.29, 1.82) is 0 Å². The number of hydrogen-bond donors (Lipinski definition) is 5. The van der Waals surface area contributed by atoms with E-state index in [0.29, 0.717) is 0 Å². The van der Waals surface area contributed by atoms with Crippen LogP contribution in [0.25, 0.3) is 0 Å². The minimum Gasteiger partial charge on any atom is -0.394 e. The Morgan fingerprint density at radius 3 is 2.33 bits per heavy atom. The molecule has 0 aromatic rings. The molecule has 0 radical (unpaired) electrons. The molecule has 0 bridgehead atoms. The second kappa shape index (κ2) is 4.86. The molecular weight excluding hydrogens is 206 g/mol. The lowest BCUT2D eigenvalue weighted by Gasteiger charge is -2.38. The quantitative estimate of drug-likeness (QED) is 0.331. The normalized spacial score (nSPS) is 41.3. The first-order valence-electron chi connectivity index (χ1n) is 4.55. The highest BCUT2D eigenvalue weighted by Crippen LogP contribution is 2.20. The fourth-order valence-electron chi connectivity index (χ4n) is 1.46. The van der Waals surface area contributed by atoms with Crippen molar-refractivity contribution in [2.24, 2.45) is 0 Å². The molecule has 0 spiro atoms. The maximum atomic E-state index is 11.2. The number of aliphatic hydroxyl groups excluding tert-OH is 4. The van der Waals surface area contributed by atoms with Gasteiger partial charge in [0.1, 0.15) is 24.4 Å². The molecule has 1 heterocycles. The van der Waals surface area contributed by atoms with Crippen molar-refractivity contribution in [3.05, 3.63) is 0 Å². The van der Waals surface area contributed by atoms with E-state index in [-0.39, 0.29) is 0 Å². The Bertz CT molecular complexity index is 233. The van der Waals surface area contributed by atoms with Gasteiger partial charge in [0.25, 0.3) is 5.91 Å². The lowest BCUT2D eigenvalue weighted by Crippen LogP contribution is -2.62. The van der Waals surface area contributed by atoms with Gasteiger partial charge in [0.15, 0.2) is 6.10 Å². The molecule has 1 fully saturated rings. The third-order valence-corrected chi connectivity index (χ3v) is 2.40. The van der Waals surface area contributed by atoms with Gasteiger partial charge in [-0.25, -0.2) is 0 Å². The van der Waals surface area contributed by atoms with E-state index in [1.807, 2.05) is 0 Å². The number of ether oxygens (including phenoxy) is 1. The third-order valence-electron chi connectivity index (χ3n) is 2.40. The summed E-state index contributed by atoms with van der Waals surface area (Å²) in [4.78, 5) is 11.2. The maximum Gasteiger partial charge on any atom is 0.251 e. The molecular formula is C8H15NO6. The second-order valence-electron chi connectivity index (χ2n) is 3.36. The lowest BCUT2D eigenvalue weighted by molar-refractivity contribution is -0.226. The third kappa shape index (κ3) is 2.27. The molecule has 0 saturated carbocycles. The summed E-state index contributed by atoms with van der Waals surface area (Å²) in [6, 6.07) is 0.